The van der Waals surface area contributed by atoms with E-state index in [1.54, 1.807) is 0 Å². The SMILES string of the molecule is O.O.O.O.O.O.O.O.O.O.O.O.[H-].[Li+]. The van der Waals surface area contributed by atoms with Crippen molar-refractivity contribution in [3.8, 4) is 0 Å². The van der Waals surface area contributed by atoms with Gasteiger partial charge in [0.25, 0.3) is 0 Å². The van der Waals surface area contributed by atoms with Gasteiger partial charge < -0.3 is 67.1 Å². The molecule has 0 aliphatic heterocycles. The molecule has 13 heavy (non-hydrogen) atoms. The Morgan fingerprint density at radius 1 is 0.231 bits per heavy atom. The first-order valence-electron chi connectivity index (χ1n) is 0. The van der Waals surface area contributed by atoms with Crippen LogP contribution >= 0.6 is 0 Å². The zero-order valence-corrected chi connectivity index (χ0v) is 7.00. The summed E-state index contributed by atoms with van der Waals surface area (Å²) in [7, 11) is 0. The molecule has 0 aromatic heterocycles. The Morgan fingerprint density at radius 3 is 0.231 bits per heavy atom. The van der Waals surface area contributed by atoms with E-state index in [0.29, 0.717) is 0 Å². The first-order chi connectivity index (χ1) is 0. The molecule has 0 aromatic rings. The van der Waals surface area contributed by atoms with Gasteiger partial charge in [-0.2, -0.15) is 0 Å². The molecule has 0 rings (SSSR count). The van der Waals surface area contributed by atoms with E-state index in [-0.39, 0.29) is 86.0 Å². The van der Waals surface area contributed by atoms with Crippen molar-refractivity contribution in [3.05, 3.63) is 0 Å². The minimum Gasteiger partial charge on any atom is -1.00 e. The monoisotopic (exact) mass is 224 g/mol. The zero-order valence-electron chi connectivity index (χ0n) is 8.00. The van der Waals surface area contributed by atoms with Crippen molar-refractivity contribution in [2.45, 2.75) is 0 Å². The van der Waals surface area contributed by atoms with Crippen LogP contribution in [0, 0.1) is 0 Å². The molecular weight excluding hydrogens is 199 g/mol. The van der Waals surface area contributed by atoms with Gasteiger partial charge in [-0.1, -0.05) is 0 Å². The topological polar surface area (TPSA) is 378 Å². The van der Waals surface area contributed by atoms with Gasteiger partial charge in [0.2, 0.25) is 0 Å². The molecule has 0 bridgehead atoms. The Kier molecular flexibility index (Phi) is 1170000000. The fourth-order valence-electron chi connectivity index (χ4n) is 0. The van der Waals surface area contributed by atoms with E-state index in [1.165, 1.54) is 0 Å². The van der Waals surface area contributed by atoms with Gasteiger partial charge in [0.1, 0.15) is 0 Å². The van der Waals surface area contributed by atoms with Gasteiger partial charge in [0.05, 0.1) is 0 Å². The first-order valence-corrected chi connectivity index (χ1v) is 0. The maximum atomic E-state index is 0. The molecule has 0 fully saturated rings. The van der Waals surface area contributed by atoms with Crippen molar-refractivity contribution in [2.75, 3.05) is 0 Å². The fourth-order valence-corrected chi connectivity index (χ4v) is 0. The van der Waals surface area contributed by atoms with E-state index in [9.17, 15) is 0 Å². The smallest absolute Gasteiger partial charge is 1.00 e. The molecule has 0 aliphatic carbocycles. The zero-order chi connectivity index (χ0) is 0. The predicted octanol–water partition coefficient (Wildman–Crippen LogP) is -12.8. The molecule has 0 spiro atoms. The largest absolute Gasteiger partial charge is 1.00 e. The summed E-state index contributed by atoms with van der Waals surface area (Å²) in [6.07, 6.45) is 0. The number of hydrogen-bond donors (Lipinski definition) is 0. The number of hydrogen-bond acceptors (Lipinski definition) is 0. The average Bonchev–Trinajstić information content (AvgIpc) is 0. The van der Waals surface area contributed by atoms with Crippen molar-refractivity contribution >= 4 is 0 Å². The van der Waals surface area contributed by atoms with Crippen molar-refractivity contribution < 1.29 is 86.0 Å². The van der Waals surface area contributed by atoms with Crippen LogP contribution in [0.25, 0.3) is 0 Å². The van der Waals surface area contributed by atoms with Gasteiger partial charge in [0.15, 0.2) is 0 Å². The Hall–Kier alpha value is 0.117. The average molecular weight is 224 g/mol. The predicted molar refractivity (Wildman–Crippen MR) is 44.5 cm³/mol. The Morgan fingerprint density at radius 2 is 0.231 bits per heavy atom. The maximum Gasteiger partial charge on any atom is 1.00 e. The van der Waals surface area contributed by atoms with Gasteiger partial charge in [0, 0.05) is 0 Å². The molecule has 0 aromatic carbocycles. The molecule has 0 heterocycles. The molecule has 0 saturated carbocycles. The van der Waals surface area contributed by atoms with Crippen molar-refractivity contribution in [2.24, 2.45) is 0 Å². The summed E-state index contributed by atoms with van der Waals surface area (Å²) in [6.45, 7) is 0. The third-order valence-corrected chi connectivity index (χ3v) is 0. The minimum absolute atomic E-state index is 0. The summed E-state index contributed by atoms with van der Waals surface area (Å²) in [5, 5.41) is 0. The maximum absolute atomic E-state index is 0. The van der Waals surface area contributed by atoms with Crippen molar-refractivity contribution in [3.63, 3.8) is 0 Å². The van der Waals surface area contributed by atoms with Gasteiger partial charge in [-0.15, -0.1) is 0 Å². The van der Waals surface area contributed by atoms with Crippen LogP contribution in [0.15, 0.2) is 0 Å². The van der Waals surface area contributed by atoms with Gasteiger partial charge in [-0.3, -0.25) is 0 Å². The summed E-state index contributed by atoms with van der Waals surface area (Å²) in [5.74, 6) is 0. The van der Waals surface area contributed by atoms with Crippen LogP contribution < -0.4 is 18.9 Å². The van der Waals surface area contributed by atoms with E-state index < -0.39 is 0 Å². The molecular formula is H25LiO12. The van der Waals surface area contributed by atoms with Crippen molar-refractivity contribution in [1.82, 2.24) is 0 Å². The molecule has 0 atom stereocenters. The summed E-state index contributed by atoms with van der Waals surface area (Å²) >= 11 is 0. The molecule has 12 nitrogen and oxygen atoms in total. The standard InChI is InChI=1S/Li.12H2O.H/h;12*1H2;/q+1;;;;;;;;;;;;;-1. The van der Waals surface area contributed by atoms with Crippen LogP contribution in [0.4, 0.5) is 0 Å². The molecule has 0 unspecified atom stereocenters. The second-order valence-corrected chi connectivity index (χ2v) is 0. The molecule has 0 amide bonds. The van der Waals surface area contributed by atoms with Gasteiger partial charge in [-0.05, 0) is 0 Å². The van der Waals surface area contributed by atoms with Crippen LogP contribution in [0.3, 0.4) is 0 Å². The van der Waals surface area contributed by atoms with E-state index in [2.05, 4.69) is 0 Å². The Bertz CT molecular complexity index is 10.3. The summed E-state index contributed by atoms with van der Waals surface area (Å²) in [4.78, 5) is 0. The molecule has 0 aliphatic rings. The van der Waals surface area contributed by atoms with Crippen LogP contribution in [-0.2, 0) is 0 Å². The molecule has 24 N–H and O–H groups in total. The molecule has 0 saturated heterocycles. The molecule has 98 valence electrons. The van der Waals surface area contributed by atoms with Gasteiger partial charge in [-0.25, -0.2) is 0 Å². The van der Waals surface area contributed by atoms with Crippen LogP contribution in [0.2, 0.25) is 0 Å². The normalized spacial score (nSPS) is 0. The first kappa shape index (κ1) is 140000. The Balaban J connectivity index is 0. The summed E-state index contributed by atoms with van der Waals surface area (Å²) in [6, 6.07) is 0. The second-order valence-electron chi connectivity index (χ2n) is 0. The summed E-state index contributed by atoms with van der Waals surface area (Å²) < 4.78 is 0. The Labute approximate surface area is 86.9 Å². The van der Waals surface area contributed by atoms with E-state index >= 15 is 0 Å². The molecule has 0 radical (unpaired) electrons. The van der Waals surface area contributed by atoms with E-state index in [4.69, 9.17) is 0 Å². The summed E-state index contributed by atoms with van der Waals surface area (Å²) in [5.41, 5.74) is 0. The van der Waals surface area contributed by atoms with Crippen LogP contribution in [0.1, 0.15) is 1.43 Å². The third kappa shape index (κ3) is 90000. The fraction of sp³-hybridized carbons (Fsp3) is 0. The van der Waals surface area contributed by atoms with Crippen molar-refractivity contribution in [1.29, 1.82) is 0 Å². The molecule has 13 heteroatoms. The van der Waals surface area contributed by atoms with Crippen LogP contribution in [-0.4, -0.2) is 65.7 Å². The van der Waals surface area contributed by atoms with Gasteiger partial charge >= 0.3 is 18.9 Å². The third-order valence-electron chi connectivity index (χ3n) is 0. The number of rotatable bonds is 0. The minimum atomic E-state index is 0. The quantitative estimate of drug-likeness (QED) is 0.345. The van der Waals surface area contributed by atoms with Crippen LogP contribution in [0.5, 0.6) is 0 Å². The van der Waals surface area contributed by atoms with E-state index in [0.717, 1.165) is 0 Å². The second kappa shape index (κ2) is 109000. The van der Waals surface area contributed by atoms with E-state index in [1.807, 2.05) is 0 Å².